The van der Waals surface area contributed by atoms with Gasteiger partial charge in [0, 0.05) is 17.0 Å². The Morgan fingerprint density at radius 1 is 1.05 bits per heavy atom. The normalized spacial score (nSPS) is 11.9. The number of rotatable bonds is 5. The number of hydrogen-bond acceptors (Lipinski definition) is 2. The van der Waals surface area contributed by atoms with Crippen molar-refractivity contribution in [1.82, 2.24) is 4.72 Å². The van der Waals surface area contributed by atoms with Crippen molar-refractivity contribution in [1.29, 1.82) is 0 Å². The first-order chi connectivity index (χ1) is 9.94. The van der Waals surface area contributed by atoms with Crippen LogP contribution in [0.2, 0.25) is 5.02 Å². The van der Waals surface area contributed by atoms with Crippen LogP contribution >= 0.6 is 11.6 Å². The number of sulfonamides is 1. The quantitative estimate of drug-likeness (QED) is 0.912. The molecule has 21 heavy (non-hydrogen) atoms. The van der Waals surface area contributed by atoms with Gasteiger partial charge in [0.1, 0.15) is 0 Å². The SMILES string of the molecule is Cc1ccc(CNS(=O)(=O)C=Cc2ccc(Cl)cc2)cc1. The molecule has 0 amide bonds. The van der Waals surface area contributed by atoms with Crippen molar-refractivity contribution >= 4 is 27.7 Å². The summed E-state index contributed by atoms with van der Waals surface area (Å²) in [6, 6.07) is 14.7. The summed E-state index contributed by atoms with van der Waals surface area (Å²) in [5.74, 6) is 0. The van der Waals surface area contributed by atoms with Crippen molar-refractivity contribution in [3.8, 4) is 0 Å². The largest absolute Gasteiger partial charge is 0.234 e. The minimum absolute atomic E-state index is 0.271. The Kier molecular flexibility index (Phi) is 5.17. The lowest BCUT2D eigenvalue weighted by Gasteiger charge is -2.03. The van der Waals surface area contributed by atoms with E-state index in [1.54, 1.807) is 24.3 Å². The average Bonchev–Trinajstić information content (AvgIpc) is 2.46. The second kappa shape index (κ2) is 6.89. The number of benzene rings is 2. The first-order valence-corrected chi connectivity index (χ1v) is 8.36. The van der Waals surface area contributed by atoms with E-state index in [1.807, 2.05) is 31.2 Å². The molecule has 0 aliphatic carbocycles. The Balaban J connectivity index is 1.98. The summed E-state index contributed by atoms with van der Waals surface area (Å²) in [5.41, 5.74) is 2.84. The third-order valence-electron chi connectivity index (χ3n) is 2.91. The molecule has 0 saturated heterocycles. The van der Waals surface area contributed by atoms with Crippen molar-refractivity contribution in [2.24, 2.45) is 0 Å². The molecule has 0 aliphatic heterocycles. The van der Waals surface area contributed by atoms with Crippen molar-refractivity contribution < 1.29 is 8.42 Å². The Morgan fingerprint density at radius 3 is 2.29 bits per heavy atom. The molecule has 0 bridgehead atoms. The molecule has 0 aliphatic rings. The van der Waals surface area contributed by atoms with Crippen LogP contribution in [0.3, 0.4) is 0 Å². The van der Waals surface area contributed by atoms with Gasteiger partial charge < -0.3 is 0 Å². The van der Waals surface area contributed by atoms with Gasteiger partial charge in [-0.3, -0.25) is 0 Å². The Bertz CT molecular complexity index is 720. The van der Waals surface area contributed by atoms with Crippen LogP contribution in [0.25, 0.3) is 6.08 Å². The van der Waals surface area contributed by atoms with Crippen LogP contribution < -0.4 is 4.72 Å². The highest BCUT2D eigenvalue weighted by Crippen LogP contribution is 2.11. The third kappa shape index (κ3) is 5.34. The van der Waals surface area contributed by atoms with Crippen LogP contribution in [-0.4, -0.2) is 8.42 Å². The summed E-state index contributed by atoms with van der Waals surface area (Å²) in [5, 5.41) is 1.78. The second-order valence-electron chi connectivity index (χ2n) is 4.71. The van der Waals surface area contributed by atoms with Crippen LogP contribution in [0.4, 0.5) is 0 Å². The summed E-state index contributed by atoms with van der Waals surface area (Å²) >= 11 is 5.78. The van der Waals surface area contributed by atoms with Gasteiger partial charge in [0.25, 0.3) is 0 Å². The fraction of sp³-hybridized carbons (Fsp3) is 0.125. The van der Waals surface area contributed by atoms with Crippen LogP contribution in [0.15, 0.2) is 53.9 Å². The molecule has 110 valence electrons. The monoisotopic (exact) mass is 321 g/mol. The number of halogens is 1. The summed E-state index contributed by atoms with van der Waals surface area (Å²) in [4.78, 5) is 0. The van der Waals surface area contributed by atoms with Crippen molar-refractivity contribution in [2.75, 3.05) is 0 Å². The molecule has 0 aromatic heterocycles. The maximum Gasteiger partial charge on any atom is 0.234 e. The molecule has 3 nitrogen and oxygen atoms in total. The van der Waals surface area contributed by atoms with Crippen molar-refractivity contribution in [3.05, 3.63) is 75.7 Å². The fourth-order valence-corrected chi connectivity index (χ4v) is 2.61. The highest BCUT2D eigenvalue weighted by molar-refractivity contribution is 7.92. The van der Waals surface area contributed by atoms with E-state index < -0.39 is 10.0 Å². The van der Waals surface area contributed by atoms with E-state index in [0.29, 0.717) is 5.02 Å². The summed E-state index contributed by atoms with van der Waals surface area (Å²) in [6.45, 7) is 2.26. The molecule has 0 heterocycles. The zero-order valence-corrected chi connectivity index (χ0v) is 13.2. The second-order valence-corrected chi connectivity index (χ2v) is 6.79. The predicted molar refractivity (Wildman–Crippen MR) is 87.4 cm³/mol. The van der Waals surface area contributed by atoms with E-state index in [2.05, 4.69) is 4.72 Å². The molecular weight excluding hydrogens is 306 g/mol. The minimum Gasteiger partial charge on any atom is -0.208 e. The molecule has 2 aromatic carbocycles. The molecule has 5 heteroatoms. The molecule has 0 spiro atoms. The summed E-state index contributed by atoms with van der Waals surface area (Å²) in [6.07, 6.45) is 1.54. The molecule has 0 unspecified atom stereocenters. The van der Waals surface area contributed by atoms with E-state index in [0.717, 1.165) is 22.1 Å². The molecular formula is C16H16ClNO2S. The van der Waals surface area contributed by atoms with Crippen LogP contribution in [0.5, 0.6) is 0 Å². The third-order valence-corrected chi connectivity index (χ3v) is 4.20. The van der Waals surface area contributed by atoms with E-state index >= 15 is 0 Å². The van der Waals surface area contributed by atoms with Gasteiger partial charge in [-0.1, -0.05) is 53.6 Å². The van der Waals surface area contributed by atoms with Gasteiger partial charge in [0.05, 0.1) is 0 Å². The lowest BCUT2D eigenvalue weighted by atomic mass is 10.2. The number of hydrogen-bond donors (Lipinski definition) is 1. The molecule has 0 atom stereocenters. The molecule has 0 saturated carbocycles. The Hall–Kier alpha value is -1.62. The van der Waals surface area contributed by atoms with Gasteiger partial charge in [-0.15, -0.1) is 0 Å². The van der Waals surface area contributed by atoms with Gasteiger partial charge >= 0.3 is 0 Å². The van der Waals surface area contributed by atoms with Crippen LogP contribution in [0, 0.1) is 6.92 Å². The molecule has 2 aromatic rings. The van der Waals surface area contributed by atoms with Gasteiger partial charge in [0.2, 0.25) is 10.0 Å². The van der Waals surface area contributed by atoms with Crippen molar-refractivity contribution in [2.45, 2.75) is 13.5 Å². The van der Waals surface area contributed by atoms with E-state index in [-0.39, 0.29) is 6.54 Å². The Morgan fingerprint density at radius 2 is 1.67 bits per heavy atom. The lowest BCUT2D eigenvalue weighted by molar-refractivity contribution is 0.591. The number of nitrogens with one attached hydrogen (secondary N) is 1. The zero-order valence-electron chi connectivity index (χ0n) is 11.6. The van der Waals surface area contributed by atoms with Crippen molar-refractivity contribution in [3.63, 3.8) is 0 Å². The number of aryl methyl sites for hydroxylation is 1. The molecule has 2 rings (SSSR count). The first kappa shape index (κ1) is 15.8. The minimum atomic E-state index is -3.46. The Labute approximate surface area is 130 Å². The first-order valence-electron chi connectivity index (χ1n) is 6.43. The fourth-order valence-electron chi connectivity index (χ4n) is 1.68. The van der Waals surface area contributed by atoms with Crippen LogP contribution in [-0.2, 0) is 16.6 Å². The van der Waals surface area contributed by atoms with Gasteiger partial charge in [-0.2, -0.15) is 0 Å². The molecule has 1 N–H and O–H groups in total. The molecule has 0 fully saturated rings. The summed E-state index contributed by atoms with van der Waals surface area (Å²) < 4.78 is 26.3. The molecule has 0 radical (unpaired) electrons. The predicted octanol–water partition coefficient (Wildman–Crippen LogP) is 3.74. The van der Waals surface area contributed by atoms with E-state index in [9.17, 15) is 8.42 Å². The average molecular weight is 322 g/mol. The van der Waals surface area contributed by atoms with Gasteiger partial charge in [-0.05, 0) is 36.3 Å². The smallest absolute Gasteiger partial charge is 0.208 e. The van der Waals surface area contributed by atoms with E-state index in [4.69, 9.17) is 11.6 Å². The maximum absolute atomic E-state index is 11.9. The van der Waals surface area contributed by atoms with E-state index in [1.165, 1.54) is 6.08 Å². The standard InChI is InChI=1S/C16H16ClNO2S/c1-13-2-4-15(5-3-13)12-18-21(19,20)11-10-14-6-8-16(17)9-7-14/h2-11,18H,12H2,1H3. The maximum atomic E-state index is 11.9. The lowest BCUT2D eigenvalue weighted by Crippen LogP contribution is -2.20. The summed E-state index contributed by atoms with van der Waals surface area (Å²) in [7, 11) is -3.46. The van der Waals surface area contributed by atoms with Crippen LogP contribution in [0.1, 0.15) is 16.7 Å². The van der Waals surface area contributed by atoms with Gasteiger partial charge in [-0.25, -0.2) is 13.1 Å². The highest BCUT2D eigenvalue weighted by Gasteiger charge is 2.04. The topological polar surface area (TPSA) is 46.2 Å². The zero-order chi connectivity index (χ0) is 15.3. The highest BCUT2D eigenvalue weighted by atomic mass is 35.5. The van der Waals surface area contributed by atoms with Gasteiger partial charge in [0.15, 0.2) is 0 Å².